The van der Waals surface area contributed by atoms with Gasteiger partial charge in [-0.05, 0) is 31.7 Å². The molecule has 20 heavy (non-hydrogen) atoms. The summed E-state index contributed by atoms with van der Waals surface area (Å²) >= 11 is 0. The minimum absolute atomic E-state index is 0.646. The first-order valence-electron chi connectivity index (χ1n) is 7.28. The van der Waals surface area contributed by atoms with Crippen molar-refractivity contribution >= 4 is 0 Å². The van der Waals surface area contributed by atoms with Gasteiger partial charge in [0.1, 0.15) is 12.4 Å². The van der Waals surface area contributed by atoms with Crippen molar-refractivity contribution < 1.29 is 4.74 Å². The Balaban J connectivity index is 1.77. The molecule has 1 aliphatic heterocycles. The maximum Gasteiger partial charge on any atom is 0.120 e. The van der Waals surface area contributed by atoms with E-state index in [1.54, 1.807) is 12.1 Å². The van der Waals surface area contributed by atoms with Crippen molar-refractivity contribution in [3.63, 3.8) is 0 Å². The lowest BCUT2D eigenvalue weighted by Crippen LogP contribution is -2.51. The van der Waals surface area contributed by atoms with Crippen LogP contribution < -0.4 is 4.74 Å². The maximum absolute atomic E-state index is 8.85. The van der Waals surface area contributed by atoms with Gasteiger partial charge in [-0.15, -0.1) is 0 Å². The van der Waals surface area contributed by atoms with Crippen molar-refractivity contribution in [1.82, 2.24) is 9.80 Å². The van der Waals surface area contributed by atoms with E-state index < -0.39 is 0 Å². The molecule has 1 fully saturated rings. The molecule has 0 bridgehead atoms. The number of benzene rings is 1. The van der Waals surface area contributed by atoms with Crippen LogP contribution in [-0.2, 0) is 0 Å². The highest BCUT2D eigenvalue weighted by atomic mass is 16.5. The summed E-state index contributed by atoms with van der Waals surface area (Å²) in [5.74, 6) is 0.783. The Labute approximate surface area is 121 Å². The van der Waals surface area contributed by atoms with E-state index in [2.05, 4.69) is 29.8 Å². The van der Waals surface area contributed by atoms with E-state index in [0.717, 1.165) is 31.9 Å². The number of ether oxygens (including phenoxy) is 1. The van der Waals surface area contributed by atoms with Crippen LogP contribution in [0.5, 0.6) is 5.75 Å². The van der Waals surface area contributed by atoms with Gasteiger partial charge in [0.05, 0.1) is 11.6 Å². The summed E-state index contributed by atoms with van der Waals surface area (Å²) in [5, 5.41) is 8.85. The molecule has 0 aromatic heterocycles. The molecule has 2 rings (SSSR count). The van der Waals surface area contributed by atoms with Crippen molar-refractivity contribution in [2.75, 3.05) is 39.8 Å². The fourth-order valence-electron chi connectivity index (χ4n) is 2.60. The van der Waals surface area contributed by atoms with Gasteiger partial charge in [0, 0.05) is 32.2 Å². The first kappa shape index (κ1) is 14.8. The van der Waals surface area contributed by atoms with Gasteiger partial charge in [0.15, 0.2) is 0 Å². The van der Waals surface area contributed by atoms with E-state index in [9.17, 15) is 0 Å². The molecular weight excluding hydrogens is 250 g/mol. The van der Waals surface area contributed by atoms with Crippen LogP contribution in [0.25, 0.3) is 0 Å². The number of likely N-dealkylation sites (N-methyl/N-ethyl adjacent to an activating group) is 1. The average molecular weight is 273 g/mol. The molecule has 1 saturated heterocycles. The largest absolute Gasteiger partial charge is 0.492 e. The predicted octanol–water partition coefficient (Wildman–Crippen LogP) is 1.96. The van der Waals surface area contributed by atoms with E-state index in [0.29, 0.717) is 18.2 Å². The van der Waals surface area contributed by atoms with Crippen LogP contribution in [0.4, 0.5) is 0 Å². The van der Waals surface area contributed by atoms with Crippen LogP contribution in [0, 0.1) is 11.3 Å². The molecule has 108 valence electrons. The van der Waals surface area contributed by atoms with Crippen molar-refractivity contribution in [2.45, 2.75) is 19.4 Å². The fourth-order valence-corrected chi connectivity index (χ4v) is 2.60. The van der Waals surface area contributed by atoms with E-state index in [4.69, 9.17) is 10.00 Å². The maximum atomic E-state index is 8.85. The van der Waals surface area contributed by atoms with Crippen LogP contribution in [0.1, 0.15) is 18.9 Å². The topological polar surface area (TPSA) is 39.5 Å². The van der Waals surface area contributed by atoms with E-state index in [1.165, 1.54) is 6.42 Å². The van der Waals surface area contributed by atoms with E-state index in [-0.39, 0.29) is 0 Å². The molecule has 0 saturated carbocycles. The van der Waals surface area contributed by atoms with Crippen LogP contribution in [0.3, 0.4) is 0 Å². The lowest BCUT2D eigenvalue weighted by molar-refractivity contribution is 0.0824. The van der Waals surface area contributed by atoms with Crippen LogP contribution in [-0.4, -0.2) is 55.7 Å². The van der Waals surface area contributed by atoms with Gasteiger partial charge >= 0.3 is 0 Å². The van der Waals surface area contributed by atoms with Gasteiger partial charge in [-0.3, -0.25) is 4.90 Å². The Hall–Kier alpha value is -1.57. The van der Waals surface area contributed by atoms with Crippen molar-refractivity contribution in [1.29, 1.82) is 5.26 Å². The van der Waals surface area contributed by atoms with Crippen molar-refractivity contribution in [3.8, 4) is 11.8 Å². The van der Waals surface area contributed by atoms with Gasteiger partial charge in [-0.25, -0.2) is 0 Å². The van der Waals surface area contributed by atoms with Crippen molar-refractivity contribution in [3.05, 3.63) is 29.8 Å². The molecule has 1 aliphatic rings. The Morgan fingerprint density at radius 2 is 2.25 bits per heavy atom. The lowest BCUT2D eigenvalue weighted by Gasteiger charge is -2.39. The Kier molecular flexibility index (Phi) is 5.40. The summed E-state index contributed by atoms with van der Waals surface area (Å²) in [6.07, 6.45) is 1.19. The summed E-state index contributed by atoms with van der Waals surface area (Å²) in [6.45, 7) is 7.22. The summed E-state index contributed by atoms with van der Waals surface area (Å²) in [7, 11) is 2.20. The number of rotatable bonds is 5. The van der Waals surface area contributed by atoms with Gasteiger partial charge < -0.3 is 9.64 Å². The SMILES string of the molecule is CCC1CN(CCOc2cccc(C#N)c2)CCN1C. The molecule has 1 heterocycles. The molecular formula is C16H23N3O. The van der Waals surface area contributed by atoms with E-state index in [1.807, 2.05) is 12.1 Å². The zero-order chi connectivity index (χ0) is 14.4. The highest BCUT2D eigenvalue weighted by Crippen LogP contribution is 2.13. The predicted molar refractivity (Wildman–Crippen MR) is 79.8 cm³/mol. The summed E-state index contributed by atoms with van der Waals surface area (Å²) in [4.78, 5) is 4.90. The van der Waals surface area contributed by atoms with Gasteiger partial charge in [0.25, 0.3) is 0 Å². The molecule has 4 nitrogen and oxygen atoms in total. The molecule has 1 unspecified atom stereocenters. The quantitative estimate of drug-likeness (QED) is 0.822. The third-order valence-electron chi connectivity index (χ3n) is 3.97. The highest BCUT2D eigenvalue weighted by molar-refractivity contribution is 5.36. The summed E-state index contributed by atoms with van der Waals surface area (Å²) in [5.41, 5.74) is 0.646. The monoisotopic (exact) mass is 273 g/mol. The van der Waals surface area contributed by atoms with Gasteiger partial charge in [-0.1, -0.05) is 13.0 Å². The van der Waals surface area contributed by atoms with E-state index >= 15 is 0 Å². The normalized spacial score (nSPS) is 20.6. The summed E-state index contributed by atoms with van der Waals surface area (Å²) < 4.78 is 5.74. The van der Waals surface area contributed by atoms with Crippen LogP contribution >= 0.6 is 0 Å². The second-order valence-electron chi connectivity index (χ2n) is 5.33. The molecule has 0 aliphatic carbocycles. The molecule has 1 aromatic rings. The zero-order valence-electron chi connectivity index (χ0n) is 12.4. The third-order valence-corrected chi connectivity index (χ3v) is 3.97. The summed E-state index contributed by atoms with van der Waals surface area (Å²) in [6, 6.07) is 10.1. The van der Waals surface area contributed by atoms with Crippen molar-refractivity contribution in [2.24, 2.45) is 0 Å². The zero-order valence-corrected chi connectivity index (χ0v) is 12.4. The number of hydrogen-bond donors (Lipinski definition) is 0. The average Bonchev–Trinajstić information content (AvgIpc) is 2.49. The minimum Gasteiger partial charge on any atom is -0.492 e. The second-order valence-corrected chi connectivity index (χ2v) is 5.33. The second kappa shape index (κ2) is 7.28. The molecule has 1 aromatic carbocycles. The molecule has 0 amide bonds. The lowest BCUT2D eigenvalue weighted by atomic mass is 10.1. The number of hydrogen-bond acceptors (Lipinski definition) is 4. The number of nitriles is 1. The Morgan fingerprint density at radius 1 is 1.40 bits per heavy atom. The molecule has 1 atom stereocenters. The molecule has 0 radical (unpaired) electrons. The standard InChI is InChI=1S/C16H23N3O/c1-3-15-13-19(8-7-18(15)2)9-10-20-16-6-4-5-14(11-16)12-17/h4-6,11,15H,3,7-10,13H2,1-2H3. The van der Waals surface area contributed by atoms with Crippen LogP contribution in [0.15, 0.2) is 24.3 Å². The third kappa shape index (κ3) is 3.96. The van der Waals surface area contributed by atoms with Crippen LogP contribution in [0.2, 0.25) is 0 Å². The fraction of sp³-hybridized carbons (Fsp3) is 0.562. The Morgan fingerprint density at radius 3 is 3.00 bits per heavy atom. The highest BCUT2D eigenvalue weighted by Gasteiger charge is 2.22. The first-order valence-corrected chi connectivity index (χ1v) is 7.28. The van der Waals surface area contributed by atoms with Gasteiger partial charge in [-0.2, -0.15) is 5.26 Å². The molecule has 0 spiro atoms. The number of nitrogens with zero attached hydrogens (tertiary/aromatic N) is 3. The smallest absolute Gasteiger partial charge is 0.120 e. The minimum atomic E-state index is 0.646. The van der Waals surface area contributed by atoms with Gasteiger partial charge in [0.2, 0.25) is 0 Å². The molecule has 0 N–H and O–H groups in total. The first-order chi connectivity index (χ1) is 9.72. The number of piperazine rings is 1. The Bertz CT molecular complexity index is 469. The molecule has 4 heteroatoms.